The van der Waals surface area contributed by atoms with Crippen LogP contribution >= 0.6 is 12.4 Å². The second-order valence-electron chi connectivity index (χ2n) is 8.19. The van der Waals surface area contributed by atoms with E-state index in [0.29, 0.717) is 0 Å². The van der Waals surface area contributed by atoms with Crippen LogP contribution in [0.15, 0.2) is 84.9 Å². The van der Waals surface area contributed by atoms with Gasteiger partial charge in [0.1, 0.15) is 0 Å². The molecule has 0 radical (unpaired) electrons. The molecular formula is C27H31ClN2O. The molecule has 1 fully saturated rings. The average molecular weight is 435 g/mol. The zero-order chi connectivity index (χ0) is 20.8. The Hall–Kier alpha value is -2.62. The van der Waals surface area contributed by atoms with Crippen LogP contribution < -0.4 is 4.90 Å². The number of nitrogens with zero attached hydrogens (tertiary/aromatic N) is 2. The lowest BCUT2D eigenvalue weighted by molar-refractivity contribution is 0.0960. The van der Waals surface area contributed by atoms with Crippen LogP contribution in [-0.2, 0) is 6.42 Å². The zero-order valence-electron chi connectivity index (χ0n) is 18.1. The predicted octanol–water partition coefficient (Wildman–Crippen LogP) is 5.77. The SMILES string of the molecule is Cc1ccc(C(=O)N(c2ccccc2)C2CCN(CCc3ccccc3)CC2)cc1.Cl. The normalized spacial score (nSPS) is 14.6. The third-order valence-corrected chi connectivity index (χ3v) is 6.03. The first-order valence-electron chi connectivity index (χ1n) is 10.9. The summed E-state index contributed by atoms with van der Waals surface area (Å²) in [6.45, 7) is 5.19. The summed E-state index contributed by atoms with van der Waals surface area (Å²) in [4.78, 5) is 18.0. The molecule has 0 atom stereocenters. The Balaban J connectivity index is 0.00000272. The third-order valence-electron chi connectivity index (χ3n) is 6.03. The fraction of sp³-hybridized carbons (Fsp3) is 0.296. The van der Waals surface area contributed by atoms with Gasteiger partial charge in [-0.15, -0.1) is 12.4 Å². The van der Waals surface area contributed by atoms with Crippen molar-refractivity contribution in [2.75, 3.05) is 24.5 Å². The maximum atomic E-state index is 13.5. The fourth-order valence-electron chi connectivity index (χ4n) is 4.25. The van der Waals surface area contributed by atoms with Crippen molar-refractivity contribution < 1.29 is 4.79 Å². The van der Waals surface area contributed by atoms with E-state index < -0.39 is 0 Å². The van der Waals surface area contributed by atoms with E-state index in [-0.39, 0.29) is 24.4 Å². The van der Waals surface area contributed by atoms with Crippen LogP contribution in [0.1, 0.15) is 34.3 Å². The molecule has 1 aliphatic rings. The van der Waals surface area contributed by atoms with E-state index >= 15 is 0 Å². The summed E-state index contributed by atoms with van der Waals surface area (Å²) < 4.78 is 0. The highest BCUT2D eigenvalue weighted by molar-refractivity contribution is 6.06. The first-order valence-corrected chi connectivity index (χ1v) is 10.9. The number of likely N-dealkylation sites (tertiary alicyclic amines) is 1. The fourth-order valence-corrected chi connectivity index (χ4v) is 4.25. The Morgan fingerprint density at radius 2 is 1.45 bits per heavy atom. The van der Waals surface area contributed by atoms with E-state index in [0.717, 1.165) is 50.1 Å². The van der Waals surface area contributed by atoms with Crippen molar-refractivity contribution in [1.82, 2.24) is 4.90 Å². The molecule has 0 aromatic heterocycles. The van der Waals surface area contributed by atoms with Crippen molar-refractivity contribution in [2.24, 2.45) is 0 Å². The maximum absolute atomic E-state index is 13.5. The quantitative estimate of drug-likeness (QED) is 0.491. The molecule has 0 spiro atoms. The van der Waals surface area contributed by atoms with Crippen LogP contribution in [0.25, 0.3) is 0 Å². The summed E-state index contributed by atoms with van der Waals surface area (Å²) in [5.74, 6) is 0.101. The Morgan fingerprint density at radius 1 is 0.871 bits per heavy atom. The summed E-state index contributed by atoms with van der Waals surface area (Å²) >= 11 is 0. The van der Waals surface area contributed by atoms with Gasteiger partial charge in [-0.1, -0.05) is 66.2 Å². The van der Waals surface area contributed by atoms with Gasteiger partial charge in [0.05, 0.1) is 0 Å². The topological polar surface area (TPSA) is 23.6 Å². The molecule has 31 heavy (non-hydrogen) atoms. The largest absolute Gasteiger partial charge is 0.305 e. The van der Waals surface area contributed by atoms with Crippen molar-refractivity contribution in [1.29, 1.82) is 0 Å². The molecule has 4 rings (SSSR count). The Kier molecular flexibility index (Phi) is 8.27. The standard InChI is InChI=1S/C27H30N2O.ClH/c1-22-12-14-24(15-13-22)27(30)29(25-10-6-3-7-11-25)26-17-20-28(21-18-26)19-16-23-8-4-2-5-9-23;/h2-15,26H,16-21H2,1H3;1H. The molecule has 1 heterocycles. The number of carbonyl (C=O) groups is 1. The van der Waals surface area contributed by atoms with Gasteiger partial charge >= 0.3 is 0 Å². The van der Waals surface area contributed by atoms with Crippen molar-refractivity contribution in [3.05, 3.63) is 102 Å². The lowest BCUT2D eigenvalue weighted by Gasteiger charge is -2.38. The van der Waals surface area contributed by atoms with Crippen LogP contribution in [0.5, 0.6) is 0 Å². The summed E-state index contributed by atoms with van der Waals surface area (Å²) in [6.07, 6.45) is 3.08. The van der Waals surface area contributed by atoms with Crippen molar-refractivity contribution in [2.45, 2.75) is 32.2 Å². The van der Waals surface area contributed by atoms with E-state index in [1.54, 1.807) is 0 Å². The highest BCUT2D eigenvalue weighted by atomic mass is 35.5. The molecule has 1 saturated heterocycles. The number of aryl methyl sites for hydroxylation is 1. The third kappa shape index (κ3) is 5.96. The smallest absolute Gasteiger partial charge is 0.258 e. The molecule has 0 unspecified atom stereocenters. The second kappa shape index (κ2) is 11.1. The molecule has 162 valence electrons. The summed E-state index contributed by atoms with van der Waals surface area (Å²) in [5.41, 5.74) is 4.31. The van der Waals surface area contributed by atoms with Crippen LogP contribution in [-0.4, -0.2) is 36.5 Å². The molecule has 0 N–H and O–H groups in total. The van der Waals surface area contributed by atoms with Gasteiger partial charge in [0.25, 0.3) is 5.91 Å². The minimum Gasteiger partial charge on any atom is -0.305 e. The zero-order valence-corrected chi connectivity index (χ0v) is 18.9. The predicted molar refractivity (Wildman–Crippen MR) is 131 cm³/mol. The highest BCUT2D eigenvalue weighted by Gasteiger charge is 2.29. The number of rotatable bonds is 6. The second-order valence-corrected chi connectivity index (χ2v) is 8.19. The molecule has 0 bridgehead atoms. The van der Waals surface area contributed by atoms with Gasteiger partial charge < -0.3 is 9.80 Å². The van der Waals surface area contributed by atoms with Gasteiger partial charge in [-0.3, -0.25) is 4.79 Å². The monoisotopic (exact) mass is 434 g/mol. The van der Waals surface area contributed by atoms with Gasteiger partial charge in [-0.2, -0.15) is 0 Å². The number of anilines is 1. The minimum absolute atomic E-state index is 0. The van der Waals surface area contributed by atoms with Crippen LogP contribution in [0.3, 0.4) is 0 Å². The van der Waals surface area contributed by atoms with Crippen LogP contribution in [0.4, 0.5) is 5.69 Å². The highest BCUT2D eigenvalue weighted by Crippen LogP contribution is 2.26. The molecule has 0 aliphatic carbocycles. The molecule has 3 nitrogen and oxygen atoms in total. The molecular weight excluding hydrogens is 404 g/mol. The number of piperidine rings is 1. The number of para-hydroxylation sites is 1. The Morgan fingerprint density at radius 3 is 2.06 bits per heavy atom. The van der Waals surface area contributed by atoms with Gasteiger partial charge in [0.2, 0.25) is 0 Å². The number of carbonyl (C=O) groups excluding carboxylic acids is 1. The van der Waals surface area contributed by atoms with Crippen molar-refractivity contribution >= 4 is 24.0 Å². The van der Waals surface area contributed by atoms with Crippen molar-refractivity contribution in [3.8, 4) is 0 Å². The van der Waals surface area contributed by atoms with Gasteiger partial charge in [0, 0.05) is 36.9 Å². The number of hydrogen-bond acceptors (Lipinski definition) is 2. The van der Waals surface area contributed by atoms with E-state index in [4.69, 9.17) is 0 Å². The van der Waals surface area contributed by atoms with Gasteiger partial charge in [-0.25, -0.2) is 0 Å². The molecule has 3 aromatic carbocycles. The summed E-state index contributed by atoms with van der Waals surface area (Å²) in [7, 11) is 0. The summed E-state index contributed by atoms with van der Waals surface area (Å²) in [6, 6.07) is 29.0. The van der Waals surface area contributed by atoms with E-state index in [2.05, 4.69) is 35.2 Å². The molecule has 1 aliphatic heterocycles. The first kappa shape index (κ1) is 23.1. The molecule has 0 saturated carbocycles. The number of benzene rings is 3. The maximum Gasteiger partial charge on any atom is 0.258 e. The number of halogens is 1. The molecule has 4 heteroatoms. The minimum atomic E-state index is 0. The lowest BCUT2D eigenvalue weighted by Crippen LogP contribution is -2.48. The van der Waals surface area contributed by atoms with Gasteiger partial charge in [-0.05, 0) is 56.0 Å². The van der Waals surface area contributed by atoms with E-state index in [1.165, 1.54) is 11.1 Å². The number of amides is 1. The van der Waals surface area contributed by atoms with Crippen LogP contribution in [0.2, 0.25) is 0 Å². The molecule has 3 aromatic rings. The first-order chi connectivity index (χ1) is 14.7. The summed E-state index contributed by atoms with van der Waals surface area (Å²) in [5, 5.41) is 0. The van der Waals surface area contributed by atoms with Crippen LogP contribution in [0, 0.1) is 6.92 Å². The van der Waals surface area contributed by atoms with Crippen molar-refractivity contribution in [3.63, 3.8) is 0 Å². The van der Waals surface area contributed by atoms with E-state index in [1.807, 2.05) is 66.4 Å². The van der Waals surface area contributed by atoms with E-state index in [9.17, 15) is 4.79 Å². The molecule has 1 amide bonds. The Bertz CT molecular complexity index is 936. The lowest BCUT2D eigenvalue weighted by atomic mass is 10.00. The number of hydrogen-bond donors (Lipinski definition) is 0. The Labute approximate surface area is 192 Å². The average Bonchev–Trinajstić information content (AvgIpc) is 2.80. The van der Waals surface area contributed by atoms with Gasteiger partial charge in [0.15, 0.2) is 0 Å².